The van der Waals surface area contributed by atoms with Crippen LogP contribution in [0.15, 0.2) is 30.5 Å². The molecule has 1 aliphatic carbocycles. The molecule has 3 heteroatoms. The van der Waals surface area contributed by atoms with Gasteiger partial charge >= 0.3 is 0 Å². The third-order valence-corrected chi connectivity index (χ3v) is 4.15. The predicted octanol–water partition coefficient (Wildman–Crippen LogP) is 2.96. The highest BCUT2D eigenvalue weighted by atomic mass is 16.3. The van der Waals surface area contributed by atoms with Gasteiger partial charge in [-0.2, -0.15) is 0 Å². The van der Waals surface area contributed by atoms with Crippen LogP contribution in [0.25, 0.3) is 10.8 Å². The largest absolute Gasteiger partial charge is 0.392 e. The van der Waals surface area contributed by atoms with E-state index in [0.717, 1.165) is 34.6 Å². The Morgan fingerprint density at radius 1 is 1.26 bits per heavy atom. The normalized spacial score (nSPS) is 15.5. The Bertz CT molecular complexity index is 578. The third-order valence-electron chi connectivity index (χ3n) is 4.15. The van der Waals surface area contributed by atoms with Crippen LogP contribution >= 0.6 is 0 Å². The molecule has 1 N–H and O–H groups in total. The van der Waals surface area contributed by atoms with Crippen LogP contribution in [0.1, 0.15) is 24.8 Å². The van der Waals surface area contributed by atoms with Gasteiger partial charge in [-0.15, -0.1) is 0 Å². The van der Waals surface area contributed by atoms with E-state index in [4.69, 9.17) is 0 Å². The minimum atomic E-state index is 0.0418. The van der Waals surface area contributed by atoms with Crippen molar-refractivity contribution in [1.82, 2.24) is 4.98 Å². The molecular weight excluding hydrogens is 236 g/mol. The highest BCUT2D eigenvalue weighted by Crippen LogP contribution is 2.31. The van der Waals surface area contributed by atoms with Gasteiger partial charge in [-0.3, -0.25) is 0 Å². The number of rotatable bonds is 4. The van der Waals surface area contributed by atoms with Crippen molar-refractivity contribution in [3.8, 4) is 0 Å². The van der Waals surface area contributed by atoms with Crippen LogP contribution in [0.4, 0.5) is 5.82 Å². The minimum Gasteiger partial charge on any atom is -0.392 e. The van der Waals surface area contributed by atoms with E-state index in [0.29, 0.717) is 0 Å². The summed E-state index contributed by atoms with van der Waals surface area (Å²) in [5.41, 5.74) is 0.899. The Kier molecular flexibility index (Phi) is 3.38. The molecule has 0 spiro atoms. The molecule has 1 aromatic heterocycles. The number of anilines is 1. The summed E-state index contributed by atoms with van der Waals surface area (Å²) in [5, 5.41) is 11.6. The van der Waals surface area contributed by atoms with Crippen LogP contribution < -0.4 is 4.90 Å². The molecule has 3 rings (SSSR count). The van der Waals surface area contributed by atoms with Crippen molar-refractivity contribution in [1.29, 1.82) is 0 Å². The van der Waals surface area contributed by atoms with Gasteiger partial charge in [0.15, 0.2) is 0 Å². The number of aromatic nitrogens is 1. The fourth-order valence-electron chi connectivity index (χ4n) is 2.82. The number of benzene rings is 1. The summed E-state index contributed by atoms with van der Waals surface area (Å²) in [6.45, 7) is 1.12. The molecule has 100 valence electrons. The van der Waals surface area contributed by atoms with Crippen molar-refractivity contribution >= 4 is 16.6 Å². The average Bonchev–Trinajstić information content (AvgIpc) is 2.41. The van der Waals surface area contributed by atoms with E-state index >= 15 is 0 Å². The van der Waals surface area contributed by atoms with Crippen LogP contribution in [0.3, 0.4) is 0 Å². The second kappa shape index (κ2) is 5.17. The Morgan fingerprint density at radius 3 is 2.63 bits per heavy atom. The standard InChI is InChI=1S/C16H20N2O/c1-18(10-12-5-4-6-12)16-15-8-3-2-7-14(15)13(11-19)9-17-16/h2-3,7-9,12,19H,4-6,10-11H2,1H3. The lowest BCUT2D eigenvalue weighted by Crippen LogP contribution is -2.30. The van der Waals surface area contributed by atoms with Crippen LogP contribution in [0.2, 0.25) is 0 Å². The van der Waals surface area contributed by atoms with Gasteiger partial charge < -0.3 is 10.0 Å². The fraction of sp³-hybridized carbons (Fsp3) is 0.438. The smallest absolute Gasteiger partial charge is 0.136 e. The Morgan fingerprint density at radius 2 is 2.00 bits per heavy atom. The van der Waals surface area contributed by atoms with Gasteiger partial charge in [0.05, 0.1) is 6.61 Å². The molecule has 0 radical (unpaired) electrons. The quantitative estimate of drug-likeness (QED) is 0.913. The first kappa shape index (κ1) is 12.4. The lowest BCUT2D eigenvalue weighted by molar-refractivity contribution is 0.283. The zero-order valence-electron chi connectivity index (χ0n) is 11.3. The molecule has 0 saturated heterocycles. The van der Waals surface area contributed by atoms with Crippen molar-refractivity contribution in [2.45, 2.75) is 25.9 Å². The second-order valence-electron chi connectivity index (χ2n) is 5.49. The van der Waals surface area contributed by atoms with Gasteiger partial charge in [0.1, 0.15) is 5.82 Å². The molecule has 19 heavy (non-hydrogen) atoms. The number of aliphatic hydroxyl groups is 1. The number of hydrogen-bond donors (Lipinski definition) is 1. The van der Waals surface area contributed by atoms with Crippen LogP contribution in [0, 0.1) is 5.92 Å². The summed E-state index contributed by atoms with van der Waals surface area (Å²) in [6, 6.07) is 8.19. The summed E-state index contributed by atoms with van der Waals surface area (Å²) in [4.78, 5) is 6.81. The van der Waals surface area contributed by atoms with E-state index in [1.54, 1.807) is 6.20 Å². The van der Waals surface area contributed by atoms with Crippen molar-refractivity contribution in [3.63, 3.8) is 0 Å². The van der Waals surface area contributed by atoms with Gasteiger partial charge in [0, 0.05) is 30.7 Å². The zero-order chi connectivity index (χ0) is 13.2. The molecule has 1 heterocycles. The number of nitrogens with zero attached hydrogens (tertiary/aromatic N) is 2. The lowest BCUT2D eigenvalue weighted by atomic mass is 9.85. The topological polar surface area (TPSA) is 36.4 Å². The summed E-state index contributed by atoms with van der Waals surface area (Å²) < 4.78 is 0. The SMILES string of the molecule is CN(CC1CCC1)c1ncc(CO)c2ccccc12. The minimum absolute atomic E-state index is 0.0418. The Labute approximate surface area is 113 Å². The van der Waals surface area contributed by atoms with E-state index in [9.17, 15) is 5.11 Å². The van der Waals surface area contributed by atoms with Crippen molar-refractivity contribution in [2.75, 3.05) is 18.5 Å². The molecular formula is C16H20N2O. The molecule has 1 fully saturated rings. The van der Waals surface area contributed by atoms with Crippen molar-refractivity contribution < 1.29 is 5.11 Å². The highest BCUT2D eigenvalue weighted by Gasteiger charge is 2.20. The molecule has 0 unspecified atom stereocenters. The van der Waals surface area contributed by atoms with Crippen LogP contribution in [-0.4, -0.2) is 23.7 Å². The average molecular weight is 256 g/mol. The van der Waals surface area contributed by atoms with Gasteiger partial charge in [-0.25, -0.2) is 4.98 Å². The van der Waals surface area contributed by atoms with Crippen molar-refractivity contribution in [2.24, 2.45) is 5.92 Å². The molecule has 0 aliphatic heterocycles. The van der Waals surface area contributed by atoms with E-state index in [-0.39, 0.29) is 6.61 Å². The molecule has 0 amide bonds. The Balaban J connectivity index is 1.98. The lowest BCUT2D eigenvalue weighted by Gasteiger charge is -2.31. The number of aliphatic hydroxyl groups excluding tert-OH is 1. The van der Waals surface area contributed by atoms with Crippen LogP contribution in [-0.2, 0) is 6.61 Å². The van der Waals surface area contributed by atoms with Gasteiger partial charge in [-0.05, 0) is 24.1 Å². The van der Waals surface area contributed by atoms with Crippen LogP contribution in [0.5, 0.6) is 0 Å². The maximum atomic E-state index is 9.40. The molecule has 1 aliphatic rings. The van der Waals surface area contributed by atoms with Gasteiger partial charge in [0.25, 0.3) is 0 Å². The first-order chi connectivity index (χ1) is 9.29. The summed E-state index contributed by atoms with van der Waals surface area (Å²) in [7, 11) is 2.12. The van der Waals surface area contributed by atoms with Gasteiger partial charge in [0.2, 0.25) is 0 Å². The first-order valence-electron chi connectivity index (χ1n) is 6.98. The Hall–Kier alpha value is -1.61. The maximum absolute atomic E-state index is 9.40. The van der Waals surface area contributed by atoms with E-state index < -0.39 is 0 Å². The summed E-state index contributed by atoms with van der Waals surface area (Å²) >= 11 is 0. The maximum Gasteiger partial charge on any atom is 0.136 e. The highest BCUT2D eigenvalue weighted by molar-refractivity contribution is 5.94. The summed E-state index contributed by atoms with van der Waals surface area (Å²) in [5.74, 6) is 1.85. The van der Waals surface area contributed by atoms with E-state index in [1.165, 1.54) is 19.3 Å². The van der Waals surface area contributed by atoms with Crippen molar-refractivity contribution in [3.05, 3.63) is 36.0 Å². The predicted molar refractivity (Wildman–Crippen MR) is 78.3 cm³/mol. The molecule has 2 aromatic rings. The fourth-order valence-corrected chi connectivity index (χ4v) is 2.82. The third kappa shape index (κ3) is 2.30. The van der Waals surface area contributed by atoms with E-state index in [2.05, 4.69) is 29.1 Å². The zero-order valence-corrected chi connectivity index (χ0v) is 11.3. The number of pyridine rings is 1. The molecule has 1 aromatic carbocycles. The number of fused-ring (bicyclic) bond motifs is 1. The van der Waals surface area contributed by atoms with Gasteiger partial charge in [-0.1, -0.05) is 30.7 Å². The monoisotopic (exact) mass is 256 g/mol. The van der Waals surface area contributed by atoms with E-state index in [1.807, 2.05) is 12.1 Å². The molecule has 0 atom stereocenters. The molecule has 3 nitrogen and oxygen atoms in total. The first-order valence-corrected chi connectivity index (χ1v) is 6.98. The molecule has 1 saturated carbocycles. The molecule has 0 bridgehead atoms. The summed E-state index contributed by atoms with van der Waals surface area (Å²) in [6.07, 6.45) is 5.86. The second-order valence-corrected chi connectivity index (χ2v) is 5.49. The number of hydrogen-bond acceptors (Lipinski definition) is 3.